The highest BCUT2D eigenvalue weighted by atomic mass is 35.5. The molecule has 0 heterocycles. The fourth-order valence-electron chi connectivity index (χ4n) is 2.04. The van der Waals surface area contributed by atoms with Gasteiger partial charge in [-0.05, 0) is 35.9 Å². The number of alkyl halides is 2. The van der Waals surface area contributed by atoms with Gasteiger partial charge >= 0.3 is 12.6 Å². The highest BCUT2D eigenvalue weighted by Crippen LogP contribution is 2.25. The summed E-state index contributed by atoms with van der Waals surface area (Å²) in [7, 11) is 0. The molecule has 0 saturated heterocycles. The van der Waals surface area contributed by atoms with Crippen LogP contribution in [0.4, 0.5) is 25.0 Å². The summed E-state index contributed by atoms with van der Waals surface area (Å²) < 4.78 is 28.4. The molecule has 0 bridgehead atoms. The van der Waals surface area contributed by atoms with Gasteiger partial charge in [-0.15, -0.1) is 0 Å². The van der Waals surface area contributed by atoms with Gasteiger partial charge < -0.3 is 20.7 Å². The lowest BCUT2D eigenvalue weighted by molar-refractivity contribution is -0.114. The van der Waals surface area contributed by atoms with E-state index in [-0.39, 0.29) is 23.2 Å². The minimum atomic E-state index is -2.88. The third kappa shape index (κ3) is 6.21. The van der Waals surface area contributed by atoms with E-state index in [1.54, 1.807) is 24.3 Å². The first-order valence-electron chi connectivity index (χ1n) is 7.49. The number of halogens is 3. The van der Waals surface area contributed by atoms with Gasteiger partial charge in [-0.2, -0.15) is 8.78 Å². The maximum Gasteiger partial charge on any atom is 0.387 e. The largest absolute Gasteiger partial charge is 0.435 e. The summed E-state index contributed by atoms with van der Waals surface area (Å²) in [5.74, 6) is -0.191. The van der Waals surface area contributed by atoms with Crippen LogP contribution in [0.5, 0.6) is 5.75 Å². The molecule has 0 unspecified atom stereocenters. The maximum atomic E-state index is 12.1. The van der Waals surface area contributed by atoms with Crippen molar-refractivity contribution in [3.8, 4) is 5.75 Å². The molecule has 0 radical (unpaired) electrons. The Kier molecular flexibility index (Phi) is 6.74. The Labute approximate surface area is 153 Å². The number of nitrogens with one attached hydrogen (secondary N) is 3. The van der Waals surface area contributed by atoms with E-state index >= 15 is 0 Å². The maximum absolute atomic E-state index is 12.1. The second kappa shape index (κ2) is 9.00. The first-order valence-corrected chi connectivity index (χ1v) is 7.87. The number of carbonyl (C=O) groups is 2. The lowest BCUT2D eigenvalue weighted by Crippen LogP contribution is -2.28. The number of carbonyl (C=O) groups excluding carboxylic acids is 2. The minimum Gasteiger partial charge on any atom is -0.435 e. The third-order valence-corrected chi connectivity index (χ3v) is 3.45. The fraction of sp³-hybridized carbons (Fsp3) is 0.176. The molecule has 2 aromatic rings. The van der Waals surface area contributed by atoms with Crippen LogP contribution in [0.2, 0.25) is 5.02 Å². The molecule has 0 spiro atoms. The average molecular weight is 384 g/mol. The van der Waals surface area contributed by atoms with E-state index < -0.39 is 12.6 Å². The van der Waals surface area contributed by atoms with Gasteiger partial charge in [-0.25, -0.2) is 4.79 Å². The monoisotopic (exact) mass is 383 g/mol. The van der Waals surface area contributed by atoms with Crippen LogP contribution in [0.1, 0.15) is 12.5 Å². The van der Waals surface area contributed by atoms with Gasteiger partial charge in [0.05, 0.1) is 10.7 Å². The van der Waals surface area contributed by atoms with Crippen LogP contribution in [-0.4, -0.2) is 18.5 Å². The van der Waals surface area contributed by atoms with Crippen molar-refractivity contribution in [2.75, 3.05) is 10.6 Å². The van der Waals surface area contributed by atoms with Gasteiger partial charge in [0.15, 0.2) is 0 Å². The zero-order chi connectivity index (χ0) is 19.1. The first-order chi connectivity index (χ1) is 12.3. The van der Waals surface area contributed by atoms with Crippen molar-refractivity contribution in [3.63, 3.8) is 0 Å². The zero-order valence-electron chi connectivity index (χ0n) is 13.7. The Morgan fingerprint density at radius 1 is 1.12 bits per heavy atom. The topological polar surface area (TPSA) is 79.5 Å². The second-order valence-corrected chi connectivity index (χ2v) is 5.61. The molecule has 2 rings (SSSR count). The molecule has 0 atom stereocenters. The summed E-state index contributed by atoms with van der Waals surface area (Å²) in [6, 6.07) is 10.1. The van der Waals surface area contributed by atoms with Crippen LogP contribution in [0.15, 0.2) is 42.5 Å². The SMILES string of the molecule is CC(=O)Nc1ccc(NC(=O)NCc2ccc(OC(F)F)cc2)c(Cl)c1. The number of hydrogen-bond acceptors (Lipinski definition) is 3. The molecular weight excluding hydrogens is 368 g/mol. The molecule has 0 saturated carbocycles. The van der Waals surface area contributed by atoms with Crippen LogP contribution in [0, 0.1) is 0 Å². The molecule has 3 N–H and O–H groups in total. The summed E-state index contributed by atoms with van der Waals surface area (Å²) in [6.07, 6.45) is 0. The van der Waals surface area contributed by atoms with Gasteiger partial charge in [-0.1, -0.05) is 23.7 Å². The quantitative estimate of drug-likeness (QED) is 0.698. The Morgan fingerprint density at radius 3 is 2.38 bits per heavy atom. The molecule has 26 heavy (non-hydrogen) atoms. The Morgan fingerprint density at radius 2 is 1.81 bits per heavy atom. The molecule has 3 amide bonds. The molecule has 0 fully saturated rings. The van der Waals surface area contributed by atoms with E-state index in [0.29, 0.717) is 16.9 Å². The van der Waals surface area contributed by atoms with E-state index in [1.165, 1.54) is 25.1 Å². The normalized spacial score (nSPS) is 10.3. The zero-order valence-corrected chi connectivity index (χ0v) is 14.4. The van der Waals surface area contributed by atoms with Crippen molar-refractivity contribution < 1.29 is 23.1 Å². The van der Waals surface area contributed by atoms with E-state index in [1.807, 2.05) is 0 Å². The summed E-state index contributed by atoms with van der Waals surface area (Å²) in [5, 5.41) is 8.04. The molecule has 138 valence electrons. The van der Waals surface area contributed by atoms with Crippen molar-refractivity contribution in [1.82, 2.24) is 5.32 Å². The molecule has 0 aliphatic rings. The Hall–Kier alpha value is -2.87. The molecule has 9 heteroatoms. The summed E-state index contributed by atoms with van der Waals surface area (Å²) >= 11 is 6.06. The number of benzene rings is 2. The van der Waals surface area contributed by atoms with Gasteiger partial charge in [0.2, 0.25) is 5.91 Å². The molecule has 2 aromatic carbocycles. The molecule has 0 aliphatic heterocycles. The third-order valence-electron chi connectivity index (χ3n) is 3.14. The van der Waals surface area contributed by atoms with Crippen LogP contribution < -0.4 is 20.7 Å². The summed E-state index contributed by atoms with van der Waals surface area (Å²) in [6.45, 7) is -1.33. The molecule has 6 nitrogen and oxygen atoms in total. The molecule has 0 aliphatic carbocycles. The lowest BCUT2D eigenvalue weighted by atomic mass is 10.2. The van der Waals surface area contributed by atoms with E-state index in [2.05, 4.69) is 20.7 Å². The summed E-state index contributed by atoms with van der Waals surface area (Å²) in [4.78, 5) is 22.9. The standard InChI is InChI=1S/C17H16ClF2N3O3/c1-10(24)22-12-4-7-15(14(18)8-12)23-17(25)21-9-11-2-5-13(6-3-11)26-16(19)20/h2-8,16H,9H2,1H3,(H,22,24)(H2,21,23,25). The van der Waals surface area contributed by atoms with Crippen molar-refractivity contribution in [1.29, 1.82) is 0 Å². The second-order valence-electron chi connectivity index (χ2n) is 5.21. The number of hydrogen-bond donors (Lipinski definition) is 3. The van der Waals surface area contributed by atoms with Crippen LogP contribution in [-0.2, 0) is 11.3 Å². The van der Waals surface area contributed by atoms with Gasteiger partial charge in [0.1, 0.15) is 5.75 Å². The van der Waals surface area contributed by atoms with Crippen LogP contribution in [0.3, 0.4) is 0 Å². The number of rotatable bonds is 6. The number of urea groups is 1. The molecule has 0 aromatic heterocycles. The van der Waals surface area contributed by atoms with Gasteiger partial charge in [0, 0.05) is 19.2 Å². The smallest absolute Gasteiger partial charge is 0.387 e. The number of anilines is 2. The number of amides is 3. The van der Waals surface area contributed by atoms with Gasteiger partial charge in [0.25, 0.3) is 0 Å². The Bertz CT molecular complexity index is 785. The van der Waals surface area contributed by atoms with Crippen LogP contribution in [0.25, 0.3) is 0 Å². The summed E-state index contributed by atoms with van der Waals surface area (Å²) in [5.41, 5.74) is 1.59. The number of ether oxygens (including phenoxy) is 1. The van der Waals surface area contributed by atoms with Crippen molar-refractivity contribution in [3.05, 3.63) is 53.1 Å². The fourth-order valence-corrected chi connectivity index (χ4v) is 2.26. The van der Waals surface area contributed by atoms with E-state index in [9.17, 15) is 18.4 Å². The molecular formula is C17H16ClF2N3O3. The highest BCUT2D eigenvalue weighted by molar-refractivity contribution is 6.34. The minimum absolute atomic E-state index is 0.0410. The van der Waals surface area contributed by atoms with Crippen molar-refractivity contribution in [2.24, 2.45) is 0 Å². The Balaban J connectivity index is 1.87. The highest BCUT2D eigenvalue weighted by Gasteiger charge is 2.08. The predicted molar refractivity (Wildman–Crippen MR) is 94.7 cm³/mol. The van der Waals surface area contributed by atoms with Crippen molar-refractivity contribution >= 4 is 34.9 Å². The van der Waals surface area contributed by atoms with Gasteiger partial charge in [-0.3, -0.25) is 4.79 Å². The lowest BCUT2D eigenvalue weighted by Gasteiger charge is -2.11. The van der Waals surface area contributed by atoms with E-state index in [4.69, 9.17) is 11.6 Å². The van der Waals surface area contributed by atoms with E-state index in [0.717, 1.165) is 0 Å². The van der Waals surface area contributed by atoms with Crippen LogP contribution >= 0.6 is 11.6 Å². The average Bonchev–Trinajstić information content (AvgIpc) is 2.56. The first kappa shape index (κ1) is 19.5. The van der Waals surface area contributed by atoms with Crippen molar-refractivity contribution in [2.45, 2.75) is 20.1 Å². The predicted octanol–water partition coefficient (Wildman–Crippen LogP) is 4.22.